The zero-order chi connectivity index (χ0) is 14.4. The van der Waals surface area contributed by atoms with Gasteiger partial charge in [0.15, 0.2) is 5.11 Å². The number of thiocarbonyl (C=S) groups is 1. The molecule has 1 aromatic heterocycles. The number of hydrogen-bond acceptors (Lipinski definition) is 3. The normalized spacial score (nSPS) is 23.2. The van der Waals surface area contributed by atoms with Crippen molar-refractivity contribution < 1.29 is 0 Å². The molecule has 2 N–H and O–H groups in total. The van der Waals surface area contributed by atoms with Crippen molar-refractivity contribution >= 4 is 23.0 Å². The van der Waals surface area contributed by atoms with E-state index in [9.17, 15) is 0 Å². The Morgan fingerprint density at radius 1 is 1.40 bits per heavy atom. The summed E-state index contributed by atoms with van der Waals surface area (Å²) in [6.07, 6.45) is 8.62. The van der Waals surface area contributed by atoms with Crippen molar-refractivity contribution in [3.8, 4) is 0 Å². The lowest BCUT2D eigenvalue weighted by atomic mass is 9.86. The van der Waals surface area contributed by atoms with Gasteiger partial charge in [-0.15, -0.1) is 0 Å². The fourth-order valence-electron chi connectivity index (χ4n) is 2.51. The van der Waals surface area contributed by atoms with Gasteiger partial charge in [-0.2, -0.15) is 5.10 Å². The summed E-state index contributed by atoms with van der Waals surface area (Å²) in [7, 11) is 0. The Morgan fingerprint density at radius 3 is 2.90 bits per heavy atom. The maximum Gasteiger partial charge on any atom is 0.187 e. The summed E-state index contributed by atoms with van der Waals surface area (Å²) >= 11 is 5.31. The van der Waals surface area contributed by atoms with Crippen LogP contribution in [0.25, 0.3) is 0 Å². The van der Waals surface area contributed by atoms with E-state index >= 15 is 0 Å². The minimum Gasteiger partial charge on any atom is -0.358 e. The highest BCUT2D eigenvalue weighted by atomic mass is 32.1. The van der Waals surface area contributed by atoms with Crippen LogP contribution in [0.3, 0.4) is 0 Å². The fraction of sp³-hybridized carbons (Fsp3) is 0.533. The number of aromatic nitrogens is 1. The molecule has 1 aromatic rings. The summed E-state index contributed by atoms with van der Waals surface area (Å²) in [4.78, 5) is 4.08. The Labute approximate surface area is 126 Å². The molecule has 1 aliphatic carbocycles. The molecule has 1 heterocycles. The van der Waals surface area contributed by atoms with Gasteiger partial charge in [-0.3, -0.25) is 10.4 Å². The predicted octanol–water partition coefficient (Wildman–Crippen LogP) is 2.85. The first kappa shape index (κ1) is 14.9. The van der Waals surface area contributed by atoms with E-state index in [-0.39, 0.29) is 0 Å². The topological polar surface area (TPSA) is 49.3 Å². The van der Waals surface area contributed by atoms with Crippen LogP contribution in [0.2, 0.25) is 0 Å². The van der Waals surface area contributed by atoms with E-state index in [4.69, 9.17) is 12.2 Å². The van der Waals surface area contributed by atoms with Gasteiger partial charge in [-0.1, -0.05) is 25.8 Å². The van der Waals surface area contributed by atoms with Crippen LogP contribution >= 0.6 is 12.2 Å². The minimum absolute atomic E-state index is 0.470. The molecule has 0 radical (unpaired) electrons. The third kappa shape index (κ3) is 4.27. The largest absolute Gasteiger partial charge is 0.358 e. The third-order valence-corrected chi connectivity index (χ3v) is 4.04. The molecule has 108 valence electrons. The van der Waals surface area contributed by atoms with Crippen molar-refractivity contribution in [3.05, 3.63) is 30.1 Å². The van der Waals surface area contributed by atoms with Gasteiger partial charge in [0.2, 0.25) is 0 Å². The number of hydrazone groups is 1. The van der Waals surface area contributed by atoms with E-state index in [1.54, 1.807) is 12.4 Å². The molecule has 2 rings (SSSR count). The van der Waals surface area contributed by atoms with Crippen LogP contribution in [-0.2, 0) is 0 Å². The van der Waals surface area contributed by atoms with Gasteiger partial charge >= 0.3 is 0 Å². The first-order valence-corrected chi connectivity index (χ1v) is 7.59. The lowest BCUT2D eigenvalue weighted by molar-refractivity contribution is 0.308. The molecular formula is C15H22N4S. The summed E-state index contributed by atoms with van der Waals surface area (Å²) in [5.74, 6) is 0.673. The second-order valence-corrected chi connectivity index (χ2v) is 5.80. The first-order chi connectivity index (χ1) is 9.66. The smallest absolute Gasteiger partial charge is 0.187 e. The summed E-state index contributed by atoms with van der Waals surface area (Å²) in [6.45, 7) is 4.22. The molecule has 2 atom stereocenters. The van der Waals surface area contributed by atoms with E-state index in [2.05, 4.69) is 27.8 Å². The monoisotopic (exact) mass is 290 g/mol. The summed E-state index contributed by atoms with van der Waals surface area (Å²) in [6, 6.07) is 4.35. The Bertz CT molecular complexity index is 472. The Balaban J connectivity index is 1.85. The lowest BCUT2D eigenvalue weighted by Gasteiger charge is -2.30. The quantitative estimate of drug-likeness (QED) is 0.510. The molecule has 5 heteroatoms. The number of nitrogens with one attached hydrogen (secondary N) is 2. The van der Waals surface area contributed by atoms with Crippen LogP contribution in [0.4, 0.5) is 0 Å². The zero-order valence-corrected chi connectivity index (χ0v) is 12.9. The van der Waals surface area contributed by atoms with Crippen molar-refractivity contribution in [2.24, 2.45) is 11.0 Å². The number of pyridine rings is 1. The van der Waals surface area contributed by atoms with Crippen LogP contribution in [0.1, 0.15) is 45.1 Å². The minimum atomic E-state index is 0.470. The second-order valence-electron chi connectivity index (χ2n) is 5.39. The van der Waals surface area contributed by atoms with E-state index in [1.165, 1.54) is 25.7 Å². The lowest BCUT2D eigenvalue weighted by Crippen LogP contribution is -2.44. The first-order valence-electron chi connectivity index (χ1n) is 7.18. The molecule has 0 amide bonds. The Morgan fingerprint density at radius 2 is 2.20 bits per heavy atom. The van der Waals surface area contributed by atoms with Gasteiger partial charge in [0, 0.05) is 24.0 Å². The van der Waals surface area contributed by atoms with E-state index in [1.807, 2.05) is 19.1 Å². The molecule has 20 heavy (non-hydrogen) atoms. The zero-order valence-electron chi connectivity index (χ0n) is 12.1. The Kier molecular flexibility index (Phi) is 5.47. The maximum atomic E-state index is 5.31. The van der Waals surface area contributed by atoms with Crippen LogP contribution < -0.4 is 10.7 Å². The molecule has 0 spiro atoms. The van der Waals surface area contributed by atoms with Crippen molar-refractivity contribution in [3.63, 3.8) is 0 Å². The van der Waals surface area contributed by atoms with Crippen molar-refractivity contribution in [1.82, 2.24) is 15.7 Å². The number of rotatable bonds is 3. The predicted molar refractivity (Wildman–Crippen MR) is 86.7 cm³/mol. The van der Waals surface area contributed by atoms with Crippen LogP contribution in [-0.4, -0.2) is 21.8 Å². The van der Waals surface area contributed by atoms with Crippen LogP contribution in [0, 0.1) is 5.92 Å². The number of nitrogens with zero attached hydrogens (tertiary/aromatic N) is 2. The molecule has 1 fully saturated rings. The van der Waals surface area contributed by atoms with Crippen LogP contribution in [0.5, 0.6) is 0 Å². The van der Waals surface area contributed by atoms with Gasteiger partial charge in [-0.25, -0.2) is 0 Å². The molecule has 1 aliphatic rings. The van der Waals surface area contributed by atoms with Gasteiger partial charge < -0.3 is 5.32 Å². The summed E-state index contributed by atoms with van der Waals surface area (Å²) < 4.78 is 0. The standard InChI is InChI=1S/C15H22N4S/c1-11-6-3-4-8-14(11)17-15(20)19-18-12(2)13-7-5-9-16-10-13/h5,7,9-11,14H,3-4,6,8H2,1-2H3,(H2,17,19,20)/b18-12-/t11-,14-/m0/s1. The van der Waals surface area contributed by atoms with Crippen LogP contribution in [0.15, 0.2) is 29.6 Å². The molecule has 1 saturated carbocycles. The summed E-state index contributed by atoms with van der Waals surface area (Å²) in [5, 5.41) is 8.28. The van der Waals surface area contributed by atoms with E-state index in [0.29, 0.717) is 17.1 Å². The molecule has 0 saturated heterocycles. The highest BCUT2D eigenvalue weighted by Gasteiger charge is 2.21. The highest BCUT2D eigenvalue weighted by Crippen LogP contribution is 2.23. The highest BCUT2D eigenvalue weighted by molar-refractivity contribution is 7.80. The molecule has 0 aromatic carbocycles. The van der Waals surface area contributed by atoms with Crippen molar-refractivity contribution in [2.45, 2.75) is 45.6 Å². The van der Waals surface area contributed by atoms with Crippen molar-refractivity contribution in [2.75, 3.05) is 0 Å². The average Bonchev–Trinajstić information content (AvgIpc) is 2.48. The molecule has 0 bridgehead atoms. The van der Waals surface area contributed by atoms with Gasteiger partial charge in [0.25, 0.3) is 0 Å². The molecule has 0 unspecified atom stereocenters. The fourth-order valence-corrected chi connectivity index (χ4v) is 2.70. The second kappa shape index (κ2) is 7.33. The molecule has 0 aliphatic heterocycles. The Hall–Kier alpha value is -1.49. The molecule has 4 nitrogen and oxygen atoms in total. The average molecular weight is 290 g/mol. The van der Waals surface area contributed by atoms with Gasteiger partial charge in [0.05, 0.1) is 5.71 Å². The van der Waals surface area contributed by atoms with Gasteiger partial charge in [0.1, 0.15) is 0 Å². The third-order valence-electron chi connectivity index (χ3n) is 3.83. The van der Waals surface area contributed by atoms with Crippen molar-refractivity contribution in [1.29, 1.82) is 0 Å². The van der Waals surface area contributed by atoms with Gasteiger partial charge in [-0.05, 0) is 44.0 Å². The summed E-state index contributed by atoms with van der Waals surface area (Å²) in [5.41, 5.74) is 4.80. The number of hydrogen-bond donors (Lipinski definition) is 2. The van der Waals surface area contributed by atoms with E-state index < -0.39 is 0 Å². The SMILES string of the molecule is C/C(=N/NC(=S)N[C@H]1CCCC[C@@H]1C)c1cccnc1. The molecular weight excluding hydrogens is 268 g/mol. The maximum absolute atomic E-state index is 5.31. The van der Waals surface area contributed by atoms with E-state index in [0.717, 1.165) is 11.3 Å².